The Balaban J connectivity index is 2.17. The highest BCUT2D eigenvalue weighted by Gasteiger charge is 2.52. The third kappa shape index (κ3) is 1.95. The lowest BCUT2D eigenvalue weighted by molar-refractivity contribution is -0.252. The molecule has 2 fully saturated rings. The number of phosphoric acid groups is 1. The van der Waals surface area contributed by atoms with Gasteiger partial charge in [0.15, 0.2) is 6.29 Å². The van der Waals surface area contributed by atoms with Crippen LogP contribution in [0.5, 0.6) is 0 Å². The summed E-state index contributed by atoms with van der Waals surface area (Å²) < 4.78 is 24.6. The maximum atomic E-state index is 10.9. The van der Waals surface area contributed by atoms with Crippen molar-refractivity contribution in [3.8, 4) is 0 Å². The van der Waals surface area contributed by atoms with Crippen molar-refractivity contribution >= 4 is 7.82 Å². The van der Waals surface area contributed by atoms with Gasteiger partial charge in [0.25, 0.3) is 7.82 Å². The van der Waals surface area contributed by atoms with E-state index in [1.807, 2.05) is 0 Å². The highest BCUT2D eigenvalue weighted by atomic mass is 31.2. The van der Waals surface area contributed by atoms with Gasteiger partial charge in [-0.1, -0.05) is 0 Å². The Labute approximate surface area is 84.6 Å². The van der Waals surface area contributed by atoms with Gasteiger partial charge in [0, 0.05) is 0 Å². The summed E-state index contributed by atoms with van der Waals surface area (Å²) in [7, 11) is -4.48. The maximum Gasteiger partial charge on any atom is 0.270 e. The maximum absolute atomic E-state index is 10.9. The van der Waals surface area contributed by atoms with E-state index in [1.54, 1.807) is 0 Å². The van der Waals surface area contributed by atoms with Crippen LogP contribution in [-0.4, -0.2) is 52.6 Å². The first-order valence-electron chi connectivity index (χ1n) is 4.25. The molecular formula is C6H10O8P-. The van der Waals surface area contributed by atoms with Gasteiger partial charge in [0.2, 0.25) is 0 Å². The van der Waals surface area contributed by atoms with E-state index in [9.17, 15) is 19.7 Å². The van der Waals surface area contributed by atoms with Crippen LogP contribution in [0.25, 0.3) is 0 Å². The van der Waals surface area contributed by atoms with E-state index in [2.05, 4.69) is 9.05 Å². The van der Waals surface area contributed by atoms with Crippen molar-refractivity contribution in [3.63, 3.8) is 0 Å². The average molecular weight is 241 g/mol. The zero-order valence-corrected chi connectivity index (χ0v) is 8.32. The van der Waals surface area contributed by atoms with Crippen LogP contribution in [0.2, 0.25) is 0 Å². The molecule has 8 nitrogen and oxygen atoms in total. The van der Waals surface area contributed by atoms with Gasteiger partial charge in [-0.05, 0) is 0 Å². The molecule has 6 atom stereocenters. The van der Waals surface area contributed by atoms with E-state index in [-0.39, 0.29) is 0 Å². The van der Waals surface area contributed by atoms with Gasteiger partial charge in [0.05, 0.1) is 6.61 Å². The Morgan fingerprint density at radius 1 is 1.27 bits per heavy atom. The van der Waals surface area contributed by atoms with Crippen LogP contribution in [0.4, 0.5) is 0 Å². The minimum atomic E-state index is -4.48. The molecule has 88 valence electrons. The fraction of sp³-hybridized carbons (Fsp3) is 1.00. The highest BCUT2D eigenvalue weighted by Crippen LogP contribution is 2.51. The van der Waals surface area contributed by atoms with E-state index in [4.69, 9.17) is 9.84 Å². The Morgan fingerprint density at radius 2 is 1.93 bits per heavy atom. The fourth-order valence-corrected chi connectivity index (χ4v) is 2.55. The molecule has 0 aromatic rings. The van der Waals surface area contributed by atoms with Crippen molar-refractivity contribution in [2.24, 2.45) is 0 Å². The minimum absolute atomic E-state index is 0.562. The molecule has 0 bridgehead atoms. The number of hydrogen-bond acceptors (Lipinski definition) is 8. The topological polar surface area (TPSA) is 129 Å². The lowest BCUT2D eigenvalue weighted by Gasteiger charge is -2.36. The summed E-state index contributed by atoms with van der Waals surface area (Å²) in [5, 5.41) is 27.7. The first-order valence-corrected chi connectivity index (χ1v) is 5.71. The summed E-state index contributed by atoms with van der Waals surface area (Å²) in [5.74, 6) is 0. The van der Waals surface area contributed by atoms with Gasteiger partial charge in [-0.15, -0.1) is 0 Å². The zero-order valence-electron chi connectivity index (χ0n) is 7.42. The Morgan fingerprint density at radius 3 is 2.53 bits per heavy atom. The van der Waals surface area contributed by atoms with Crippen molar-refractivity contribution in [1.82, 2.24) is 0 Å². The zero-order chi connectivity index (χ0) is 11.2. The summed E-state index contributed by atoms with van der Waals surface area (Å²) >= 11 is 0. The first-order chi connectivity index (χ1) is 6.94. The lowest BCUT2D eigenvalue weighted by atomic mass is 10.00. The summed E-state index contributed by atoms with van der Waals surface area (Å²) in [6, 6.07) is 0. The molecule has 0 aliphatic carbocycles. The normalized spacial score (nSPS) is 55.3. The molecule has 1 unspecified atom stereocenters. The quantitative estimate of drug-likeness (QED) is 0.423. The molecule has 0 aromatic heterocycles. The lowest BCUT2D eigenvalue weighted by Crippen LogP contribution is -2.57. The number of fused-ring (bicyclic) bond motifs is 1. The second-order valence-electron chi connectivity index (χ2n) is 3.33. The molecule has 2 aliphatic heterocycles. The minimum Gasteiger partial charge on any atom is -0.756 e. The van der Waals surface area contributed by atoms with Gasteiger partial charge in [0.1, 0.15) is 24.4 Å². The van der Waals surface area contributed by atoms with Crippen LogP contribution in [0.15, 0.2) is 0 Å². The van der Waals surface area contributed by atoms with Crippen molar-refractivity contribution < 1.29 is 38.6 Å². The molecule has 2 saturated heterocycles. The largest absolute Gasteiger partial charge is 0.756 e. The van der Waals surface area contributed by atoms with Crippen LogP contribution in [0, 0.1) is 0 Å². The van der Waals surface area contributed by atoms with E-state index in [0.29, 0.717) is 0 Å². The molecule has 15 heavy (non-hydrogen) atoms. The third-order valence-electron chi connectivity index (χ3n) is 2.31. The number of aliphatic hydroxyl groups excluding tert-OH is 3. The Bertz CT molecular complexity index is 295. The van der Waals surface area contributed by atoms with Crippen molar-refractivity contribution in [2.45, 2.75) is 30.7 Å². The van der Waals surface area contributed by atoms with Gasteiger partial charge < -0.3 is 29.5 Å². The van der Waals surface area contributed by atoms with Gasteiger partial charge >= 0.3 is 0 Å². The second-order valence-corrected chi connectivity index (χ2v) is 4.65. The summed E-state index contributed by atoms with van der Waals surface area (Å²) in [4.78, 5) is 10.9. The predicted molar refractivity (Wildman–Crippen MR) is 41.3 cm³/mol. The number of rotatable bonds is 1. The molecule has 9 heteroatoms. The van der Waals surface area contributed by atoms with Gasteiger partial charge in [-0.25, -0.2) is 0 Å². The SMILES string of the molecule is O=P1([O-])O[C@H]2O[C@H](CO)[C@@H](O)[C@H](O)[C@H]2O1. The second kappa shape index (κ2) is 3.76. The van der Waals surface area contributed by atoms with Crippen molar-refractivity contribution in [3.05, 3.63) is 0 Å². The number of hydrogen-bond donors (Lipinski definition) is 3. The van der Waals surface area contributed by atoms with Crippen LogP contribution in [0.3, 0.4) is 0 Å². The molecule has 0 radical (unpaired) electrons. The fourth-order valence-electron chi connectivity index (χ4n) is 1.55. The van der Waals surface area contributed by atoms with Crippen LogP contribution >= 0.6 is 7.82 Å². The standard InChI is InChI=1S/C6H11O8P/c7-1-2-3(8)4(9)5-6(12-2)14-15(10,11)13-5/h2-9H,1H2,(H,10,11)/p-1/t2-,3-,4+,5-,6-/m1/s1. The van der Waals surface area contributed by atoms with E-state index < -0.39 is 45.1 Å². The molecule has 0 spiro atoms. The molecule has 2 heterocycles. The van der Waals surface area contributed by atoms with Gasteiger partial charge in [-0.3, -0.25) is 9.09 Å². The molecule has 0 amide bonds. The molecule has 0 aromatic carbocycles. The Kier molecular flexibility index (Phi) is 2.87. The average Bonchev–Trinajstić information content (AvgIpc) is 2.47. The van der Waals surface area contributed by atoms with Crippen molar-refractivity contribution in [1.29, 1.82) is 0 Å². The number of ether oxygens (including phenoxy) is 1. The third-order valence-corrected chi connectivity index (χ3v) is 3.28. The van der Waals surface area contributed by atoms with Crippen LogP contribution < -0.4 is 4.89 Å². The highest BCUT2D eigenvalue weighted by molar-refractivity contribution is 7.46. The smallest absolute Gasteiger partial charge is 0.270 e. The number of phosphoric ester groups is 1. The monoisotopic (exact) mass is 241 g/mol. The summed E-state index contributed by atoms with van der Waals surface area (Å²) in [5.41, 5.74) is 0. The predicted octanol–water partition coefficient (Wildman–Crippen LogP) is -2.69. The van der Waals surface area contributed by atoms with Crippen LogP contribution in [-0.2, 0) is 18.3 Å². The van der Waals surface area contributed by atoms with Gasteiger partial charge in [-0.2, -0.15) is 0 Å². The number of aliphatic hydroxyl groups is 3. The molecule has 0 saturated carbocycles. The molecule has 2 aliphatic rings. The molecule has 2 rings (SSSR count). The van der Waals surface area contributed by atoms with Crippen LogP contribution in [0.1, 0.15) is 0 Å². The molecule has 3 N–H and O–H groups in total. The Hall–Kier alpha value is -0.0500. The van der Waals surface area contributed by atoms with E-state index in [1.165, 1.54) is 0 Å². The van der Waals surface area contributed by atoms with Crippen molar-refractivity contribution in [2.75, 3.05) is 6.61 Å². The molecular weight excluding hydrogens is 231 g/mol. The van der Waals surface area contributed by atoms with E-state index in [0.717, 1.165) is 0 Å². The summed E-state index contributed by atoms with van der Waals surface area (Å²) in [6.45, 7) is -0.562. The van der Waals surface area contributed by atoms with E-state index >= 15 is 0 Å². The summed E-state index contributed by atoms with van der Waals surface area (Å²) in [6.07, 6.45) is -6.60. The first kappa shape index (κ1) is 11.4.